The summed E-state index contributed by atoms with van der Waals surface area (Å²) in [7, 11) is -1.96. The number of hydrogen-bond donors (Lipinski definition) is 1. The number of ether oxygens (including phenoxy) is 1. The number of hydrogen-bond acceptors (Lipinski definition) is 4. The first kappa shape index (κ1) is 14.4. The number of rotatable bonds is 6. The van der Waals surface area contributed by atoms with Gasteiger partial charge in [0.1, 0.15) is 4.90 Å². The normalized spacial score (nSPS) is 11.9. The summed E-state index contributed by atoms with van der Waals surface area (Å²) in [6.45, 7) is 0.584. The van der Waals surface area contributed by atoms with Crippen molar-refractivity contribution >= 4 is 48.9 Å². The molecule has 1 aromatic heterocycles. The van der Waals surface area contributed by atoms with Gasteiger partial charge < -0.3 is 4.74 Å². The summed E-state index contributed by atoms with van der Waals surface area (Å²) in [5.74, 6) is 0.302. The monoisotopic (exact) mass is 347 g/mol. The van der Waals surface area contributed by atoms with Crippen molar-refractivity contribution < 1.29 is 13.2 Å². The molecule has 0 bridgehead atoms. The molecular weight excluding hydrogens is 338 g/mol. The van der Waals surface area contributed by atoms with E-state index in [0.29, 0.717) is 16.3 Å². The van der Waals surface area contributed by atoms with E-state index in [-0.39, 0.29) is 11.4 Å². The van der Waals surface area contributed by atoms with E-state index in [9.17, 15) is 8.42 Å². The highest BCUT2D eigenvalue weighted by Crippen LogP contribution is 2.32. The summed E-state index contributed by atoms with van der Waals surface area (Å²) in [5, 5.41) is 0. The van der Waals surface area contributed by atoms with E-state index in [1.807, 2.05) is 0 Å². The van der Waals surface area contributed by atoms with E-state index in [4.69, 9.17) is 16.3 Å². The van der Waals surface area contributed by atoms with Gasteiger partial charge in [-0.2, -0.15) is 0 Å². The molecule has 0 aliphatic carbocycles. The number of nitrogens with one attached hydrogen (secondary N) is 1. The zero-order chi connectivity index (χ0) is 12.2. The fraction of sp³-hybridized carbons (Fsp3) is 0.500. The molecule has 1 N–H and O–H groups in total. The molecule has 0 atom stereocenters. The third-order valence-corrected chi connectivity index (χ3v) is 5.89. The molecule has 0 aliphatic heterocycles. The molecule has 0 fully saturated rings. The van der Waals surface area contributed by atoms with Crippen LogP contribution in [0.2, 0.25) is 0 Å². The third kappa shape index (κ3) is 3.68. The van der Waals surface area contributed by atoms with E-state index < -0.39 is 10.0 Å². The molecule has 0 saturated carbocycles. The molecule has 92 valence electrons. The maximum atomic E-state index is 11.8. The van der Waals surface area contributed by atoms with E-state index >= 15 is 0 Å². The lowest BCUT2D eigenvalue weighted by molar-refractivity contribution is 0.204. The Morgan fingerprint density at radius 3 is 2.81 bits per heavy atom. The lowest BCUT2D eigenvalue weighted by atomic mass is 10.5. The van der Waals surface area contributed by atoms with Gasteiger partial charge in [0.05, 0.1) is 16.3 Å². The van der Waals surface area contributed by atoms with Crippen molar-refractivity contribution in [3.8, 4) is 0 Å². The fourth-order valence-corrected chi connectivity index (χ4v) is 4.79. The molecule has 0 aliphatic rings. The number of alkyl halides is 1. The average molecular weight is 349 g/mol. The number of methoxy groups -OCH3 is 1. The van der Waals surface area contributed by atoms with Gasteiger partial charge in [-0.1, -0.05) is 0 Å². The van der Waals surface area contributed by atoms with Gasteiger partial charge in [0, 0.05) is 18.5 Å². The highest BCUT2D eigenvalue weighted by atomic mass is 79.9. The highest BCUT2D eigenvalue weighted by Gasteiger charge is 2.20. The van der Waals surface area contributed by atoms with Gasteiger partial charge in [-0.25, -0.2) is 13.1 Å². The van der Waals surface area contributed by atoms with Crippen molar-refractivity contribution in [3.63, 3.8) is 0 Å². The van der Waals surface area contributed by atoms with E-state index in [1.165, 1.54) is 18.4 Å². The van der Waals surface area contributed by atoms with Gasteiger partial charge in [0.25, 0.3) is 0 Å². The van der Waals surface area contributed by atoms with Gasteiger partial charge in [-0.15, -0.1) is 22.9 Å². The Morgan fingerprint density at radius 2 is 2.31 bits per heavy atom. The Balaban J connectivity index is 2.85. The van der Waals surface area contributed by atoms with Gasteiger partial charge in [0.2, 0.25) is 10.0 Å². The summed E-state index contributed by atoms with van der Waals surface area (Å²) >= 11 is 10.2. The van der Waals surface area contributed by atoms with Crippen LogP contribution in [-0.2, 0) is 20.6 Å². The smallest absolute Gasteiger partial charge is 0.242 e. The first-order valence-electron chi connectivity index (χ1n) is 4.34. The minimum Gasteiger partial charge on any atom is -0.383 e. The third-order valence-electron chi connectivity index (χ3n) is 1.73. The van der Waals surface area contributed by atoms with Crippen LogP contribution in [0.4, 0.5) is 0 Å². The first-order chi connectivity index (χ1) is 7.51. The summed E-state index contributed by atoms with van der Waals surface area (Å²) in [4.78, 5) is 1.03. The number of halogens is 2. The van der Waals surface area contributed by atoms with Crippen LogP contribution in [0.1, 0.15) is 4.88 Å². The summed E-state index contributed by atoms with van der Waals surface area (Å²) in [5.41, 5.74) is 0. The maximum absolute atomic E-state index is 11.8. The van der Waals surface area contributed by atoms with E-state index in [0.717, 1.165) is 4.88 Å². The molecule has 1 heterocycles. The average Bonchev–Trinajstić information content (AvgIpc) is 2.60. The van der Waals surface area contributed by atoms with Crippen molar-refractivity contribution in [2.24, 2.45) is 0 Å². The van der Waals surface area contributed by atoms with Crippen LogP contribution in [0.3, 0.4) is 0 Å². The number of thiophene rings is 1. The Labute approximate surface area is 112 Å². The van der Waals surface area contributed by atoms with Gasteiger partial charge in [-0.3, -0.25) is 0 Å². The molecule has 1 aromatic rings. The molecule has 4 nitrogen and oxygen atoms in total. The molecule has 0 aromatic carbocycles. The molecule has 0 unspecified atom stereocenters. The topological polar surface area (TPSA) is 55.4 Å². The van der Waals surface area contributed by atoms with Crippen LogP contribution in [0.15, 0.2) is 14.7 Å². The Kier molecular flexibility index (Phi) is 5.69. The van der Waals surface area contributed by atoms with Gasteiger partial charge in [0.15, 0.2) is 0 Å². The summed E-state index contributed by atoms with van der Waals surface area (Å²) < 4.78 is 31.4. The van der Waals surface area contributed by atoms with Gasteiger partial charge in [-0.05, 0) is 22.0 Å². The quantitative estimate of drug-likeness (QED) is 0.633. The first-order valence-corrected chi connectivity index (χ1v) is 7.96. The standard InChI is InChI=1S/C8H11BrClNO3S2/c1-14-3-2-11-16(12,13)7-4-6(5-10)15-8(7)9/h4,11H,2-3,5H2,1H3. The van der Waals surface area contributed by atoms with Crippen molar-refractivity contribution in [1.82, 2.24) is 4.72 Å². The maximum Gasteiger partial charge on any atom is 0.242 e. The molecular formula is C8H11BrClNO3S2. The largest absolute Gasteiger partial charge is 0.383 e. The molecule has 1 rings (SSSR count). The van der Waals surface area contributed by atoms with Crippen molar-refractivity contribution in [2.75, 3.05) is 20.3 Å². The van der Waals surface area contributed by atoms with Crippen molar-refractivity contribution in [1.29, 1.82) is 0 Å². The van der Waals surface area contributed by atoms with E-state index in [1.54, 1.807) is 6.07 Å². The highest BCUT2D eigenvalue weighted by molar-refractivity contribution is 9.11. The second-order valence-electron chi connectivity index (χ2n) is 2.87. The predicted octanol–water partition coefficient (Wildman–Crippen LogP) is 2.17. The van der Waals surface area contributed by atoms with Crippen LogP contribution in [0.5, 0.6) is 0 Å². The lowest BCUT2D eigenvalue weighted by Crippen LogP contribution is -2.27. The Morgan fingerprint density at radius 1 is 1.62 bits per heavy atom. The van der Waals surface area contributed by atoms with Crippen LogP contribution < -0.4 is 4.72 Å². The van der Waals surface area contributed by atoms with Gasteiger partial charge >= 0.3 is 0 Å². The second-order valence-corrected chi connectivity index (χ2v) is 7.33. The fourth-order valence-electron chi connectivity index (χ4n) is 1.00. The molecule has 8 heteroatoms. The van der Waals surface area contributed by atoms with Crippen LogP contribution in [0, 0.1) is 0 Å². The molecule has 0 saturated heterocycles. The predicted molar refractivity (Wildman–Crippen MR) is 68.6 cm³/mol. The van der Waals surface area contributed by atoms with Crippen molar-refractivity contribution in [2.45, 2.75) is 10.8 Å². The summed E-state index contributed by atoms with van der Waals surface area (Å²) in [6, 6.07) is 1.57. The van der Waals surface area contributed by atoms with Crippen LogP contribution in [-0.4, -0.2) is 28.7 Å². The minimum absolute atomic E-state index is 0.226. The number of sulfonamides is 1. The van der Waals surface area contributed by atoms with E-state index in [2.05, 4.69) is 20.7 Å². The second kappa shape index (κ2) is 6.32. The molecule has 16 heavy (non-hydrogen) atoms. The van der Waals surface area contributed by atoms with Crippen molar-refractivity contribution in [3.05, 3.63) is 14.7 Å². The zero-order valence-corrected chi connectivity index (χ0v) is 12.5. The Bertz CT molecular complexity index is 446. The molecule has 0 radical (unpaired) electrons. The van der Waals surface area contributed by atoms with Crippen LogP contribution >= 0.6 is 38.9 Å². The minimum atomic E-state index is -3.48. The lowest BCUT2D eigenvalue weighted by Gasteiger charge is -2.04. The Hall–Kier alpha value is 0.340. The molecule has 0 amide bonds. The summed E-state index contributed by atoms with van der Waals surface area (Å²) in [6.07, 6.45) is 0. The van der Waals surface area contributed by atoms with Crippen LogP contribution in [0.25, 0.3) is 0 Å². The molecule has 0 spiro atoms. The zero-order valence-electron chi connectivity index (χ0n) is 8.50. The SMILES string of the molecule is COCCNS(=O)(=O)c1cc(CCl)sc1Br.